The van der Waals surface area contributed by atoms with Crippen LogP contribution in [-0.4, -0.2) is 35.8 Å². The highest BCUT2D eigenvalue weighted by molar-refractivity contribution is 4.80. The minimum Gasteiger partial charge on any atom is -0.392 e. The van der Waals surface area contributed by atoms with Crippen LogP contribution in [-0.2, 0) is 9.47 Å². The topological polar surface area (TPSA) is 64.7 Å². The summed E-state index contributed by atoms with van der Waals surface area (Å²) in [6.45, 7) is 5.96. The van der Waals surface area contributed by atoms with Gasteiger partial charge in [-0.25, -0.2) is 0 Å². The number of hydrogen-bond acceptors (Lipinski definition) is 4. The number of aliphatic hydroxyl groups is 1. The maximum Gasteiger partial charge on any atom is 0.163 e. The van der Waals surface area contributed by atoms with Crippen molar-refractivity contribution in [2.45, 2.75) is 51.3 Å². The van der Waals surface area contributed by atoms with E-state index in [1.807, 2.05) is 20.8 Å². The Hall–Kier alpha value is -0.160. The smallest absolute Gasteiger partial charge is 0.163 e. The molecule has 4 heteroatoms. The average molecular weight is 189 g/mol. The highest BCUT2D eigenvalue weighted by atomic mass is 16.7. The fourth-order valence-corrected chi connectivity index (χ4v) is 1.62. The van der Waals surface area contributed by atoms with E-state index in [1.165, 1.54) is 0 Å². The van der Waals surface area contributed by atoms with Crippen molar-refractivity contribution < 1.29 is 14.6 Å². The van der Waals surface area contributed by atoms with Crippen LogP contribution in [0.1, 0.15) is 27.2 Å². The molecule has 0 aromatic heterocycles. The lowest BCUT2D eigenvalue weighted by Gasteiger charge is -2.18. The van der Waals surface area contributed by atoms with Crippen LogP contribution in [0.5, 0.6) is 0 Å². The van der Waals surface area contributed by atoms with E-state index in [1.54, 1.807) is 0 Å². The van der Waals surface area contributed by atoms with E-state index < -0.39 is 11.9 Å². The minimum absolute atomic E-state index is 0.0243. The van der Waals surface area contributed by atoms with Gasteiger partial charge in [0.1, 0.15) is 0 Å². The van der Waals surface area contributed by atoms with Gasteiger partial charge < -0.3 is 20.3 Å². The average Bonchev–Trinajstić information content (AvgIpc) is 2.24. The Bertz CT molecular complexity index is 172. The van der Waals surface area contributed by atoms with Gasteiger partial charge in [0.15, 0.2) is 5.79 Å². The van der Waals surface area contributed by atoms with Gasteiger partial charge >= 0.3 is 0 Å². The highest BCUT2D eigenvalue weighted by Gasteiger charge is 2.39. The Balaban J connectivity index is 2.44. The van der Waals surface area contributed by atoms with E-state index in [0.29, 0.717) is 6.42 Å². The van der Waals surface area contributed by atoms with Gasteiger partial charge in [-0.05, 0) is 20.8 Å². The van der Waals surface area contributed by atoms with Gasteiger partial charge in [0.25, 0.3) is 0 Å². The summed E-state index contributed by atoms with van der Waals surface area (Å²) in [5.74, 6) is -0.529. The van der Waals surface area contributed by atoms with Crippen molar-refractivity contribution >= 4 is 0 Å². The lowest BCUT2D eigenvalue weighted by atomic mass is 10.1. The zero-order chi connectivity index (χ0) is 10.1. The maximum atomic E-state index is 9.35. The minimum atomic E-state index is -0.529. The van der Waals surface area contributed by atoms with Crippen LogP contribution in [0.4, 0.5) is 0 Å². The largest absolute Gasteiger partial charge is 0.392 e. The molecule has 1 heterocycles. The SMILES string of the molecule is C[C@H]1OC(C)(C)O[C@H]1CC(O)CN. The Labute approximate surface area is 79.0 Å². The molecular weight excluding hydrogens is 170 g/mol. The molecule has 0 spiro atoms. The second kappa shape index (κ2) is 3.92. The summed E-state index contributed by atoms with van der Waals surface area (Å²) in [5.41, 5.74) is 5.32. The molecule has 0 radical (unpaired) electrons. The summed E-state index contributed by atoms with van der Waals surface area (Å²) in [7, 11) is 0. The van der Waals surface area contributed by atoms with Crippen LogP contribution in [0.2, 0.25) is 0 Å². The molecule has 1 fully saturated rings. The molecule has 0 aliphatic carbocycles. The summed E-state index contributed by atoms with van der Waals surface area (Å²) in [6.07, 6.45) is 0.0240. The number of hydrogen-bond donors (Lipinski definition) is 2. The van der Waals surface area contributed by atoms with Crippen molar-refractivity contribution in [3.8, 4) is 0 Å². The first-order valence-corrected chi connectivity index (χ1v) is 4.68. The second-order valence-electron chi connectivity index (χ2n) is 4.00. The molecule has 78 valence electrons. The van der Waals surface area contributed by atoms with Crippen molar-refractivity contribution in [2.75, 3.05) is 6.54 Å². The number of nitrogens with two attached hydrogens (primary N) is 1. The molecule has 0 aromatic rings. The molecule has 3 atom stereocenters. The molecule has 0 bridgehead atoms. The Morgan fingerprint density at radius 3 is 2.46 bits per heavy atom. The first kappa shape index (κ1) is 10.9. The third kappa shape index (κ3) is 2.91. The number of ether oxygens (including phenoxy) is 2. The quantitative estimate of drug-likeness (QED) is 0.667. The molecule has 4 nitrogen and oxygen atoms in total. The van der Waals surface area contributed by atoms with Crippen molar-refractivity contribution in [3.63, 3.8) is 0 Å². The van der Waals surface area contributed by atoms with Crippen molar-refractivity contribution in [1.29, 1.82) is 0 Å². The fraction of sp³-hybridized carbons (Fsp3) is 1.00. The standard InChI is InChI=1S/C9H19NO3/c1-6-8(4-7(11)5-10)13-9(2,3)12-6/h6-8,11H,4-5,10H2,1-3H3/t6-,7?,8+/m1/s1. The summed E-state index contributed by atoms with van der Waals surface area (Å²) >= 11 is 0. The van der Waals surface area contributed by atoms with Gasteiger partial charge in [-0.1, -0.05) is 0 Å². The molecule has 13 heavy (non-hydrogen) atoms. The molecule has 1 aliphatic heterocycles. The molecule has 3 N–H and O–H groups in total. The van der Waals surface area contributed by atoms with Crippen molar-refractivity contribution in [1.82, 2.24) is 0 Å². The van der Waals surface area contributed by atoms with Gasteiger partial charge in [0, 0.05) is 13.0 Å². The second-order valence-corrected chi connectivity index (χ2v) is 4.00. The molecule has 1 unspecified atom stereocenters. The number of aliphatic hydroxyl groups excluding tert-OH is 1. The first-order chi connectivity index (χ1) is 5.94. The Morgan fingerprint density at radius 1 is 1.46 bits per heavy atom. The third-order valence-corrected chi connectivity index (χ3v) is 2.20. The molecule has 1 rings (SSSR count). The van der Waals surface area contributed by atoms with Gasteiger partial charge in [-0.2, -0.15) is 0 Å². The monoisotopic (exact) mass is 189 g/mol. The molecule has 0 aromatic carbocycles. The van der Waals surface area contributed by atoms with E-state index in [-0.39, 0.29) is 18.8 Å². The van der Waals surface area contributed by atoms with Crippen molar-refractivity contribution in [3.05, 3.63) is 0 Å². The Morgan fingerprint density at radius 2 is 2.08 bits per heavy atom. The van der Waals surface area contributed by atoms with Crippen LogP contribution in [0, 0.1) is 0 Å². The highest BCUT2D eigenvalue weighted by Crippen LogP contribution is 2.29. The summed E-state index contributed by atoms with van der Waals surface area (Å²) < 4.78 is 11.1. The number of rotatable bonds is 3. The van der Waals surface area contributed by atoms with Crippen LogP contribution in [0.3, 0.4) is 0 Å². The fourth-order valence-electron chi connectivity index (χ4n) is 1.62. The normalized spacial score (nSPS) is 34.8. The van der Waals surface area contributed by atoms with E-state index in [4.69, 9.17) is 15.2 Å². The predicted octanol–water partition coefficient (Wildman–Crippen LogP) is 0.236. The summed E-state index contributed by atoms with van der Waals surface area (Å²) in [6, 6.07) is 0. The zero-order valence-electron chi connectivity index (χ0n) is 8.49. The van der Waals surface area contributed by atoms with Gasteiger partial charge in [0.05, 0.1) is 18.3 Å². The molecular formula is C9H19NO3. The van der Waals surface area contributed by atoms with E-state index in [0.717, 1.165) is 0 Å². The summed E-state index contributed by atoms with van der Waals surface area (Å²) in [5, 5.41) is 9.35. The molecule has 0 amide bonds. The molecule has 1 aliphatic rings. The van der Waals surface area contributed by atoms with Crippen molar-refractivity contribution in [2.24, 2.45) is 5.73 Å². The molecule has 0 saturated carbocycles. The predicted molar refractivity (Wildman–Crippen MR) is 49.2 cm³/mol. The van der Waals surface area contributed by atoms with Crippen LogP contribution in [0.15, 0.2) is 0 Å². The zero-order valence-corrected chi connectivity index (χ0v) is 8.49. The van der Waals surface area contributed by atoms with E-state index >= 15 is 0 Å². The lowest BCUT2D eigenvalue weighted by molar-refractivity contribution is -0.147. The van der Waals surface area contributed by atoms with Crippen LogP contribution in [0.25, 0.3) is 0 Å². The van der Waals surface area contributed by atoms with Gasteiger partial charge in [-0.3, -0.25) is 0 Å². The Kier molecular flexibility index (Phi) is 3.29. The maximum absolute atomic E-state index is 9.35. The van der Waals surface area contributed by atoms with Crippen LogP contribution < -0.4 is 5.73 Å². The lowest BCUT2D eigenvalue weighted by Crippen LogP contribution is -2.30. The van der Waals surface area contributed by atoms with E-state index in [2.05, 4.69) is 0 Å². The van der Waals surface area contributed by atoms with Gasteiger partial charge in [-0.15, -0.1) is 0 Å². The third-order valence-electron chi connectivity index (χ3n) is 2.20. The molecule has 1 saturated heterocycles. The summed E-state index contributed by atoms with van der Waals surface area (Å²) in [4.78, 5) is 0. The van der Waals surface area contributed by atoms with Gasteiger partial charge in [0.2, 0.25) is 0 Å². The first-order valence-electron chi connectivity index (χ1n) is 4.68. The van der Waals surface area contributed by atoms with Crippen LogP contribution >= 0.6 is 0 Å². The van der Waals surface area contributed by atoms with E-state index in [9.17, 15) is 5.11 Å².